The third-order valence-electron chi connectivity index (χ3n) is 1.65. The normalized spacial score (nSPS) is 10.4. The monoisotopic (exact) mass is 223 g/mol. The summed E-state index contributed by atoms with van der Waals surface area (Å²) in [5, 5.41) is 1.41. The molecule has 0 N–H and O–H groups in total. The Kier molecular flexibility index (Phi) is 3.22. The molecule has 0 amide bonds. The topological polar surface area (TPSA) is 12.9 Å². The zero-order chi connectivity index (χ0) is 9.30. The first kappa shape index (κ1) is 10.1. The molecule has 1 rings (SSSR count). The molecule has 0 aliphatic rings. The van der Waals surface area contributed by atoms with Gasteiger partial charge in [0.2, 0.25) is 0 Å². The minimum absolute atomic E-state index is 0.329. The van der Waals surface area contributed by atoms with E-state index >= 15 is 0 Å². The molecule has 1 aromatic rings. The molecule has 4 heteroatoms. The fourth-order valence-electron chi connectivity index (χ4n) is 0.995. The molecule has 0 aliphatic carbocycles. The maximum Gasteiger partial charge on any atom is 0.148 e. The van der Waals surface area contributed by atoms with Gasteiger partial charge in [0.15, 0.2) is 0 Å². The summed E-state index contributed by atoms with van der Waals surface area (Å²) in [6, 6.07) is 0. The number of hydrogen-bond acceptors (Lipinski definition) is 1. The first-order chi connectivity index (χ1) is 5.57. The summed E-state index contributed by atoms with van der Waals surface area (Å²) in [6.07, 6.45) is 0.765. The summed E-state index contributed by atoms with van der Waals surface area (Å²) in [7, 11) is 0. The lowest BCUT2D eigenvalue weighted by atomic mass is 10.2. The highest BCUT2D eigenvalue weighted by atomic mass is 35.5. The van der Waals surface area contributed by atoms with E-state index in [2.05, 4.69) is 4.98 Å². The Morgan fingerprint density at radius 2 is 1.75 bits per heavy atom. The Morgan fingerprint density at radius 1 is 1.17 bits per heavy atom. The number of rotatable bonds is 1. The van der Waals surface area contributed by atoms with Crippen molar-refractivity contribution in [1.82, 2.24) is 4.98 Å². The summed E-state index contributed by atoms with van der Waals surface area (Å²) < 4.78 is 0. The second-order valence-corrected chi connectivity index (χ2v) is 3.56. The number of pyridine rings is 1. The van der Waals surface area contributed by atoms with Gasteiger partial charge in [0, 0.05) is 0 Å². The van der Waals surface area contributed by atoms with Crippen LogP contribution in [0.2, 0.25) is 15.2 Å². The van der Waals surface area contributed by atoms with Crippen molar-refractivity contribution in [2.24, 2.45) is 0 Å². The maximum absolute atomic E-state index is 5.97. The molecular formula is C8H8Cl3N. The molecule has 1 heterocycles. The minimum Gasteiger partial charge on any atom is -0.238 e. The summed E-state index contributed by atoms with van der Waals surface area (Å²) in [5.74, 6) is 0. The van der Waals surface area contributed by atoms with Crippen molar-refractivity contribution in [3.63, 3.8) is 0 Å². The van der Waals surface area contributed by atoms with E-state index in [9.17, 15) is 0 Å². The van der Waals surface area contributed by atoms with E-state index < -0.39 is 0 Å². The van der Waals surface area contributed by atoms with Gasteiger partial charge in [-0.1, -0.05) is 41.7 Å². The first-order valence-corrected chi connectivity index (χ1v) is 4.71. The van der Waals surface area contributed by atoms with Crippen molar-refractivity contribution in [3.8, 4) is 0 Å². The quantitative estimate of drug-likeness (QED) is 0.659. The molecule has 1 nitrogen and oxygen atoms in total. The van der Waals surface area contributed by atoms with Crippen LogP contribution in [0.1, 0.15) is 18.2 Å². The fraction of sp³-hybridized carbons (Fsp3) is 0.375. The van der Waals surface area contributed by atoms with Crippen LogP contribution >= 0.6 is 34.8 Å². The Hall–Kier alpha value is 0.0200. The van der Waals surface area contributed by atoms with Crippen LogP contribution in [0.25, 0.3) is 0 Å². The van der Waals surface area contributed by atoms with Crippen molar-refractivity contribution >= 4 is 34.8 Å². The lowest BCUT2D eigenvalue weighted by molar-refractivity contribution is 1.09. The molecule has 0 atom stereocenters. The lowest BCUT2D eigenvalue weighted by Crippen LogP contribution is -1.93. The number of aromatic nitrogens is 1. The minimum atomic E-state index is 0.329. The molecule has 0 radical (unpaired) electrons. The highest BCUT2D eigenvalue weighted by Gasteiger charge is 2.11. The van der Waals surface area contributed by atoms with E-state index in [0.717, 1.165) is 17.7 Å². The van der Waals surface area contributed by atoms with Crippen LogP contribution in [0.5, 0.6) is 0 Å². The van der Waals surface area contributed by atoms with Gasteiger partial charge in [-0.15, -0.1) is 0 Å². The zero-order valence-corrected chi connectivity index (χ0v) is 9.06. The van der Waals surface area contributed by atoms with E-state index in [1.165, 1.54) is 0 Å². The second-order valence-electron chi connectivity index (χ2n) is 2.45. The second kappa shape index (κ2) is 3.82. The largest absolute Gasteiger partial charge is 0.238 e. The standard InChI is InChI=1S/C8H8Cl3N/c1-3-5-6(9)4(2)12-8(11)7(5)10/h3H2,1-2H3. The maximum atomic E-state index is 5.97. The fourth-order valence-corrected chi connectivity index (χ4v) is 1.82. The number of halogens is 3. The molecule has 0 saturated carbocycles. The molecule has 12 heavy (non-hydrogen) atoms. The third kappa shape index (κ3) is 1.68. The van der Waals surface area contributed by atoms with Crippen molar-refractivity contribution in [2.45, 2.75) is 20.3 Å². The number of aryl methyl sites for hydroxylation is 1. The summed E-state index contributed by atoms with van der Waals surface area (Å²) >= 11 is 17.6. The van der Waals surface area contributed by atoms with Gasteiger partial charge >= 0.3 is 0 Å². The smallest absolute Gasteiger partial charge is 0.148 e. The van der Waals surface area contributed by atoms with Crippen LogP contribution in [0.4, 0.5) is 0 Å². The van der Waals surface area contributed by atoms with Gasteiger partial charge < -0.3 is 0 Å². The van der Waals surface area contributed by atoms with Crippen LogP contribution in [-0.2, 0) is 6.42 Å². The van der Waals surface area contributed by atoms with Crippen LogP contribution in [-0.4, -0.2) is 4.98 Å². The first-order valence-electron chi connectivity index (χ1n) is 3.57. The van der Waals surface area contributed by atoms with E-state index in [1.54, 1.807) is 0 Å². The molecule has 0 unspecified atom stereocenters. The third-order valence-corrected chi connectivity index (χ3v) is 2.93. The predicted molar refractivity (Wildman–Crippen MR) is 53.4 cm³/mol. The van der Waals surface area contributed by atoms with Crippen molar-refractivity contribution in [3.05, 3.63) is 26.5 Å². The lowest BCUT2D eigenvalue weighted by Gasteiger charge is -2.07. The van der Waals surface area contributed by atoms with E-state index in [1.807, 2.05) is 13.8 Å². The SMILES string of the molecule is CCc1c(Cl)c(C)nc(Cl)c1Cl. The molecule has 0 aromatic carbocycles. The highest BCUT2D eigenvalue weighted by molar-refractivity contribution is 6.43. The van der Waals surface area contributed by atoms with Gasteiger partial charge in [-0.3, -0.25) is 0 Å². The van der Waals surface area contributed by atoms with Gasteiger partial charge in [0.25, 0.3) is 0 Å². The van der Waals surface area contributed by atoms with Crippen LogP contribution in [0, 0.1) is 6.92 Å². The zero-order valence-electron chi connectivity index (χ0n) is 6.79. The Balaban J connectivity index is 3.42. The Labute approximate surface area is 86.7 Å². The van der Waals surface area contributed by atoms with E-state index in [-0.39, 0.29) is 0 Å². The van der Waals surface area contributed by atoms with Gasteiger partial charge in [-0.2, -0.15) is 0 Å². The van der Waals surface area contributed by atoms with E-state index in [0.29, 0.717) is 15.2 Å². The molecule has 0 fully saturated rings. The summed E-state index contributed by atoms with van der Waals surface area (Å²) in [4.78, 5) is 3.98. The van der Waals surface area contributed by atoms with Crippen molar-refractivity contribution < 1.29 is 0 Å². The Bertz CT molecular complexity index is 283. The highest BCUT2D eigenvalue weighted by Crippen LogP contribution is 2.31. The molecule has 0 spiro atoms. The van der Waals surface area contributed by atoms with E-state index in [4.69, 9.17) is 34.8 Å². The van der Waals surface area contributed by atoms with Gasteiger partial charge in [-0.05, 0) is 18.9 Å². The number of hydrogen-bond donors (Lipinski definition) is 0. The van der Waals surface area contributed by atoms with Gasteiger partial charge in [0.05, 0.1) is 15.7 Å². The molecule has 66 valence electrons. The van der Waals surface area contributed by atoms with Gasteiger partial charge in [0.1, 0.15) is 5.15 Å². The summed E-state index contributed by atoms with van der Waals surface area (Å²) in [5.41, 5.74) is 1.60. The Morgan fingerprint density at radius 3 is 2.25 bits per heavy atom. The average Bonchev–Trinajstić information content (AvgIpc) is 2.02. The molecule has 1 aromatic heterocycles. The molecule has 0 saturated heterocycles. The molecular weight excluding hydrogens is 216 g/mol. The van der Waals surface area contributed by atoms with Crippen LogP contribution < -0.4 is 0 Å². The van der Waals surface area contributed by atoms with Crippen molar-refractivity contribution in [1.29, 1.82) is 0 Å². The summed E-state index contributed by atoms with van der Waals surface area (Å²) in [6.45, 7) is 3.78. The predicted octanol–water partition coefficient (Wildman–Crippen LogP) is 3.91. The van der Waals surface area contributed by atoms with Crippen molar-refractivity contribution in [2.75, 3.05) is 0 Å². The van der Waals surface area contributed by atoms with Crippen LogP contribution in [0.3, 0.4) is 0 Å². The van der Waals surface area contributed by atoms with Gasteiger partial charge in [-0.25, -0.2) is 4.98 Å². The molecule has 0 bridgehead atoms. The average molecular weight is 225 g/mol. The molecule has 0 aliphatic heterocycles. The number of nitrogens with zero attached hydrogens (tertiary/aromatic N) is 1. The van der Waals surface area contributed by atoms with Crippen LogP contribution in [0.15, 0.2) is 0 Å².